The van der Waals surface area contributed by atoms with E-state index in [1.807, 2.05) is 6.07 Å². The van der Waals surface area contributed by atoms with Crippen LogP contribution < -0.4 is 9.46 Å². The van der Waals surface area contributed by atoms with Gasteiger partial charge in [-0.1, -0.05) is 24.3 Å². The third-order valence-electron chi connectivity index (χ3n) is 4.15. The molecule has 0 radical (unpaired) electrons. The molecule has 0 aliphatic rings. The van der Waals surface area contributed by atoms with Gasteiger partial charge in [0.2, 0.25) is 0 Å². The number of nitrogens with one attached hydrogen (secondary N) is 1. The number of nitriles is 1. The lowest BCUT2D eigenvalue weighted by molar-refractivity contribution is 0.270. The van der Waals surface area contributed by atoms with E-state index in [2.05, 4.69) is 9.82 Å². The van der Waals surface area contributed by atoms with Crippen LogP contribution in [0.5, 0.6) is 5.75 Å². The molecule has 0 atom stereocenters. The number of benzene rings is 2. The molecule has 10 heteroatoms. The normalized spacial score (nSPS) is 11.1. The van der Waals surface area contributed by atoms with Crippen molar-refractivity contribution in [2.45, 2.75) is 18.0 Å². The van der Waals surface area contributed by atoms with Gasteiger partial charge in [-0.15, -0.1) is 0 Å². The second-order valence-corrected chi connectivity index (χ2v) is 7.59. The first-order valence-electron chi connectivity index (χ1n) is 8.40. The monoisotopic (exact) mass is 416 g/mol. The van der Waals surface area contributed by atoms with Gasteiger partial charge in [0.25, 0.3) is 10.0 Å². The maximum atomic E-state index is 14.3. The lowest BCUT2D eigenvalue weighted by Crippen LogP contribution is -2.14. The van der Waals surface area contributed by atoms with Crippen molar-refractivity contribution in [1.82, 2.24) is 9.78 Å². The average Bonchev–Trinajstić information content (AvgIpc) is 3.05. The van der Waals surface area contributed by atoms with Gasteiger partial charge in [-0.3, -0.25) is 9.40 Å². The Bertz CT molecular complexity index is 1170. The van der Waals surface area contributed by atoms with Gasteiger partial charge in [-0.2, -0.15) is 10.4 Å². The number of rotatable bonds is 7. The van der Waals surface area contributed by atoms with Crippen LogP contribution in [0.4, 0.5) is 10.2 Å². The molecule has 3 aromatic rings. The topological polar surface area (TPSA) is 117 Å². The molecule has 0 saturated carbocycles. The number of methoxy groups -OCH3 is 1. The summed E-state index contributed by atoms with van der Waals surface area (Å²) in [5, 5.41) is 23.0. The number of aromatic nitrogens is 2. The number of anilines is 1. The minimum absolute atomic E-state index is 0.00671. The van der Waals surface area contributed by atoms with Crippen molar-refractivity contribution in [2.75, 3.05) is 11.8 Å². The Labute approximate surface area is 166 Å². The molecule has 0 bridgehead atoms. The first kappa shape index (κ1) is 20.3. The van der Waals surface area contributed by atoms with E-state index in [4.69, 9.17) is 10.00 Å². The first-order chi connectivity index (χ1) is 13.9. The third kappa shape index (κ3) is 4.06. The van der Waals surface area contributed by atoms with Gasteiger partial charge < -0.3 is 9.84 Å². The summed E-state index contributed by atoms with van der Waals surface area (Å²) in [5.41, 5.74) is 0.605. The number of halogens is 1. The SMILES string of the molecule is COc1ccc(-c2c(NS(=O)(=O)c3ccccc3)nn(CC#N)c2CO)cc1F. The number of hydrogen-bond donors (Lipinski definition) is 2. The largest absolute Gasteiger partial charge is 0.494 e. The molecule has 2 N–H and O–H groups in total. The Morgan fingerprint density at radius 3 is 2.59 bits per heavy atom. The fourth-order valence-electron chi connectivity index (χ4n) is 2.84. The predicted molar refractivity (Wildman–Crippen MR) is 103 cm³/mol. The average molecular weight is 416 g/mol. The molecular weight excluding hydrogens is 399 g/mol. The zero-order valence-electron chi connectivity index (χ0n) is 15.3. The smallest absolute Gasteiger partial charge is 0.263 e. The van der Waals surface area contributed by atoms with Crippen molar-refractivity contribution in [3.05, 3.63) is 60.0 Å². The molecule has 0 fully saturated rings. The third-order valence-corrected chi connectivity index (χ3v) is 5.51. The Hall–Kier alpha value is -3.42. The van der Waals surface area contributed by atoms with Crippen LogP contribution in [0.2, 0.25) is 0 Å². The first-order valence-corrected chi connectivity index (χ1v) is 9.89. The summed E-state index contributed by atoms with van der Waals surface area (Å²) in [5.74, 6) is -0.786. The van der Waals surface area contributed by atoms with E-state index in [-0.39, 0.29) is 39.8 Å². The Morgan fingerprint density at radius 2 is 2.00 bits per heavy atom. The van der Waals surface area contributed by atoms with Crippen LogP contribution in [-0.2, 0) is 23.2 Å². The predicted octanol–water partition coefficient (Wildman–Crippen LogP) is 2.51. The molecule has 2 aromatic carbocycles. The molecule has 0 unspecified atom stereocenters. The second kappa shape index (κ2) is 8.30. The van der Waals surface area contributed by atoms with Crippen LogP contribution in [0.1, 0.15) is 5.69 Å². The zero-order valence-corrected chi connectivity index (χ0v) is 16.1. The zero-order chi connectivity index (χ0) is 21.0. The highest BCUT2D eigenvalue weighted by Crippen LogP contribution is 2.35. The van der Waals surface area contributed by atoms with Gasteiger partial charge in [0.05, 0.1) is 35.9 Å². The molecule has 0 saturated heterocycles. The minimum atomic E-state index is -4.00. The van der Waals surface area contributed by atoms with E-state index < -0.39 is 22.4 Å². The van der Waals surface area contributed by atoms with Gasteiger partial charge in [0.1, 0.15) is 6.54 Å². The molecule has 29 heavy (non-hydrogen) atoms. The molecule has 150 valence electrons. The van der Waals surface area contributed by atoms with Crippen LogP contribution in [0.3, 0.4) is 0 Å². The van der Waals surface area contributed by atoms with E-state index >= 15 is 0 Å². The molecule has 8 nitrogen and oxygen atoms in total. The summed E-state index contributed by atoms with van der Waals surface area (Å²) in [6, 6.07) is 13.6. The number of aliphatic hydroxyl groups is 1. The Kier molecular flexibility index (Phi) is 5.81. The quantitative estimate of drug-likeness (QED) is 0.611. The van der Waals surface area contributed by atoms with Gasteiger partial charge in [-0.05, 0) is 29.8 Å². The summed E-state index contributed by atoms with van der Waals surface area (Å²) < 4.78 is 48.2. The van der Waals surface area contributed by atoms with E-state index in [0.29, 0.717) is 0 Å². The number of hydrogen-bond acceptors (Lipinski definition) is 6. The minimum Gasteiger partial charge on any atom is -0.494 e. The standard InChI is InChI=1S/C19H17FN4O4S/c1-28-17-8-7-13(11-15(17)20)18-16(12-25)24(10-9-21)22-19(18)23-29(26,27)14-5-3-2-4-6-14/h2-8,11,25H,10,12H2,1H3,(H,22,23). The van der Waals surface area contributed by atoms with E-state index in [1.54, 1.807) is 18.2 Å². The van der Waals surface area contributed by atoms with Crippen LogP contribution in [0.25, 0.3) is 11.1 Å². The van der Waals surface area contributed by atoms with Crippen molar-refractivity contribution in [1.29, 1.82) is 5.26 Å². The maximum Gasteiger partial charge on any atom is 0.263 e. The van der Waals surface area contributed by atoms with Crippen LogP contribution in [-0.4, -0.2) is 30.4 Å². The highest BCUT2D eigenvalue weighted by Gasteiger charge is 2.24. The second-order valence-electron chi connectivity index (χ2n) is 5.91. The van der Waals surface area contributed by atoms with Crippen LogP contribution >= 0.6 is 0 Å². The lowest BCUT2D eigenvalue weighted by atomic mass is 10.0. The summed E-state index contributed by atoms with van der Waals surface area (Å²) >= 11 is 0. The molecule has 0 amide bonds. The number of nitrogens with zero attached hydrogens (tertiary/aromatic N) is 3. The van der Waals surface area contributed by atoms with Gasteiger partial charge in [0.15, 0.2) is 17.4 Å². The number of aliphatic hydroxyl groups excluding tert-OH is 1. The summed E-state index contributed by atoms with van der Waals surface area (Å²) in [6.45, 7) is -0.765. The molecule has 3 rings (SSSR count). The fourth-order valence-corrected chi connectivity index (χ4v) is 3.87. The summed E-state index contributed by atoms with van der Waals surface area (Å²) in [7, 11) is -2.68. The van der Waals surface area contributed by atoms with E-state index in [0.717, 1.165) is 6.07 Å². The highest BCUT2D eigenvalue weighted by atomic mass is 32.2. The van der Waals surface area contributed by atoms with Crippen molar-refractivity contribution < 1.29 is 22.7 Å². The Morgan fingerprint density at radius 1 is 1.28 bits per heavy atom. The van der Waals surface area contributed by atoms with E-state index in [9.17, 15) is 17.9 Å². The molecule has 0 aliphatic carbocycles. The molecule has 1 aromatic heterocycles. The van der Waals surface area contributed by atoms with Crippen LogP contribution in [0.15, 0.2) is 53.4 Å². The van der Waals surface area contributed by atoms with E-state index in [1.165, 1.54) is 36.1 Å². The molecule has 0 spiro atoms. The molecular formula is C19H17FN4O4S. The summed E-state index contributed by atoms with van der Waals surface area (Å²) in [4.78, 5) is 0.00671. The van der Waals surface area contributed by atoms with Gasteiger partial charge >= 0.3 is 0 Å². The van der Waals surface area contributed by atoms with Crippen molar-refractivity contribution in [3.8, 4) is 22.9 Å². The number of sulfonamides is 1. The Balaban J connectivity index is 2.17. The van der Waals surface area contributed by atoms with Crippen molar-refractivity contribution in [2.24, 2.45) is 0 Å². The lowest BCUT2D eigenvalue weighted by Gasteiger charge is -2.10. The van der Waals surface area contributed by atoms with Gasteiger partial charge in [0, 0.05) is 0 Å². The maximum absolute atomic E-state index is 14.3. The van der Waals surface area contributed by atoms with Gasteiger partial charge in [-0.25, -0.2) is 12.8 Å². The highest BCUT2D eigenvalue weighted by molar-refractivity contribution is 7.92. The van der Waals surface area contributed by atoms with Crippen LogP contribution in [0, 0.1) is 17.1 Å². The molecule has 1 heterocycles. The van der Waals surface area contributed by atoms with Crippen molar-refractivity contribution in [3.63, 3.8) is 0 Å². The fraction of sp³-hybridized carbons (Fsp3) is 0.158. The summed E-state index contributed by atoms with van der Waals surface area (Å²) in [6.07, 6.45) is 0. The van der Waals surface area contributed by atoms with Crippen molar-refractivity contribution >= 4 is 15.8 Å². The molecule has 0 aliphatic heterocycles. The number of ether oxygens (including phenoxy) is 1.